The number of pyridine rings is 1. The Balaban J connectivity index is 1.66. The van der Waals surface area contributed by atoms with Gasteiger partial charge < -0.3 is 24.6 Å². The number of amides is 2. The molecule has 2 atom stereocenters. The van der Waals surface area contributed by atoms with Crippen LogP contribution < -0.4 is 10.2 Å². The van der Waals surface area contributed by atoms with Gasteiger partial charge in [0.1, 0.15) is 18.0 Å². The maximum atomic E-state index is 12.5. The third kappa shape index (κ3) is 5.34. The molecule has 1 aromatic rings. The summed E-state index contributed by atoms with van der Waals surface area (Å²) in [5.41, 5.74) is 1.01. The Bertz CT molecular complexity index is 812. The highest BCUT2D eigenvalue weighted by Gasteiger charge is 2.41. The lowest BCUT2D eigenvalue weighted by Crippen LogP contribution is -2.58. The van der Waals surface area contributed by atoms with Crippen molar-refractivity contribution in [1.82, 2.24) is 15.2 Å². The Morgan fingerprint density at radius 2 is 1.87 bits per heavy atom. The molecule has 0 unspecified atom stereocenters. The Kier molecular flexibility index (Phi) is 5.89. The Morgan fingerprint density at radius 3 is 2.50 bits per heavy atom. The highest BCUT2D eigenvalue weighted by molar-refractivity contribution is 5.70. The third-order valence-electron chi connectivity index (χ3n) is 4.98. The summed E-state index contributed by atoms with van der Waals surface area (Å²) in [7, 11) is 0. The molecule has 2 aliphatic rings. The summed E-state index contributed by atoms with van der Waals surface area (Å²) in [4.78, 5) is 33.3. The van der Waals surface area contributed by atoms with Gasteiger partial charge in [-0.25, -0.2) is 14.6 Å². The lowest BCUT2D eigenvalue weighted by Gasteiger charge is -2.43. The van der Waals surface area contributed by atoms with Crippen molar-refractivity contribution in [1.29, 1.82) is 0 Å². The van der Waals surface area contributed by atoms with Crippen molar-refractivity contribution < 1.29 is 19.1 Å². The Morgan fingerprint density at radius 1 is 1.17 bits per heavy atom. The van der Waals surface area contributed by atoms with Gasteiger partial charge in [-0.1, -0.05) is 6.07 Å². The number of alkyl carbamates (subject to hydrolysis) is 1. The number of anilines is 1. The van der Waals surface area contributed by atoms with E-state index in [2.05, 4.69) is 17.1 Å². The summed E-state index contributed by atoms with van der Waals surface area (Å²) in [5.74, 6) is 0.925. The van der Waals surface area contributed by atoms with Crippen LogP contribution in [-0.4, -0.2) is 58.4 Å². The molecule has 2 amide bonds. The Labute approximate surface area is 178 Å². The quantitative estimate of drug-likeness (QED) is 0.792. The van der Waals surface area contributed by atoms with Crippen LogP contribution in [0.5, 0.6) is 0 Å². The number of piperazine rings is 1. The topological polar surface area (TPSA) is 84.0 Å². The molecule has 0 aliphatic carbocycles. The lowest BCUT2D eigenvalue weighted by molar-refractivity contribution is 0.0191. The molecular formula is C22H34N4O4. The van der Waals surface area contributed by atoms with Crippen molar-refractivity contribution in [3.05, 3.63) is 23.4 Å². The first-order valence-electron chi connectivity index (χ1n) is 10.5. The first kappa shape index (κ1) is 22.2. The number of hydrogen-bond acceptors (Lipinski definition) is 6. The van der Waals surface area contributed by atoms with E-state index in [1.165, 1.54) is 0 Å². The van der Waals surface area contributed by atoms with E-state index in [0.717, 1.165) is 17.8 Å². The standard InChI is InChI=1S/C22H34N4O4/c1-14-11-25(20(28)30-22(5,6)7)12-17-10-15-8-9-16(23-18(15)26(14)17)13-29-19(27)24-21(2,3)4/h8-9,14,17H,10-13H2,1-7H3,(H,24,27)/t14-,17-/m1/s1. The first-order valence-corrected chi connectivity index (χ1v) is 10.5. The van der Waals surface area contributed by atoms with Gasteiger partial charge in [-0.15, -0.1) is 0 Å². The van der Waals surface area contributed by atoms with Crippen LogP contribution in [-0.2, 0) is 22.5 Å². The zero-order valence-electron chi connectivity index (χ0n) is 19.1. The first-order chi connectivity index (χ1) is 13.8. The molecule has 3 rings (SSSR count). The number of aromatic nitrogens is 1. The van der Waals surface area contributed by atoms with E-state index in [1.54, 1.807) is 4.90 Å². The van der Waals surface area contributed by atoms with Gasteiger partial charge in [0.25, 0.3) is 0 Å². The van der Waals surface area contributed by atoms with Crippen LogP contribution in [0.3, 0.4) is 0 Å². The minimum atomic E-state index is -0.508. The second-order valence-electron chi connectivity index (χ2n) is 10.2. The number of rotatable bonds is 2. The summed E-state index contributed by atoms with van der Waals surface area (Å²) in [6.07, 6.45) is 0.108. The smallest absolute Gasteiger partial charge is 0.410 e. The summed E-state index contributed by atoms with van der Waals surface area (Å²) >= 11 is 0. The van der Waals surface area contributed by atoms with Crippen molar-refractivity contribution in [2.24, 2.45) is 0 Å². The van der Waals surface area contributed by atoms with Gasteiger partial charge in [0, 0.05) is 24.7 Å². The number of hydrogen-bond donors (Lipinski definition) is 1. The number of fused-ring (bicyclic) bond motifs is 3. The summed E-state index contributed by atoms with van der Waals surface area (Å²) < 4.78 is 10.9. The summed E-state index contributed by atoms with van der Waals surface area (Å²) in [6.45, 7) is 14.8. The molecule has 0 saturated carbocycles. The molecule has 3 heterocycles. The van der Waals surface area contributed by atoms with E-state index in [0.29, 0.717) is 18.8 Å². The average Bonchev–Trinajstić information content (AvgIpc) is 2.95. The van der Waals surface area contributed by atoms with E-state index in [9.17, 15) is 9.59 Å². The monoisotopic (exact) mass is 418 g/mol. The second kappa shape index (κ2) is 7.96. The molecule has 0 bridgehead atoms. The lowest BCUT2D eigenvalue weighted by atomic mass is 10.1. The van der Waals surface area contributed by atoms with Gasteiger partial charge in [-0.05, 0) is 66.5 Å². The normalized spacial score (nSPS) is 21.0. The van der Waals surface area contributed by atoms with Crippen LogP contribution in [0.1, 0.15) is 59.7 Å². The number of carbonyl (C=O) groups excluding carboxylic acids is 2. The van der Waals surface area contributed by atoms with Gasteiger partial charge >= 0.3 is 12.2 Å². The maximum absolute atomic E-state index is 12.5. The zero-order chi connectivity index (χ0) is 22.3. The predicted octanol–water partition coefficient (Wildman–Crippen LogP) is 3.48. The Hall–Kier alpha value is -2.51. The molecule has 1 saturated heterocycles. The summed E-state index contributed by atoms with van der Waals surface area (Å²) in [6, 6.07) is 4.23. The van der Waals surface area contributed by atoms with E-state index in [1.807, 2.05) is 53.7 Å². The highest BCUT2D eigenvalue weighted by atomic mass is 16.6. The molecule has 2 aliphatic heterocycles. The number of carbonyl (C=O) groups is 2. The molecular weight excluding hydrogens is 384 g/mol. The molecule has 0 aromatic carbocycles. The minimum absolute atomic E-state index is 0.116. The van der Waals surface area contributed by atoms with Gasteiger partial charge in [-0.2, -0.15) is 0 Å². The van der Waals surface area contributed by atoms with Crippen LogP contribution in [0.25, 0.3) is 0 Å². The van der Waals surface area contributed by atoms with Gasteiger partial charge in [0.05, 0.1) is 11.7 Å². The number of nitrogens with one attached hydrogen (secondary N) is 1. The van der Waals surface area contributed by atoms with Gasteiger partial charge in [-0.3, -0.25) is 0 Å². The molecule has 1 N–H and O–H groups in total. The molecule has 1 fully saturated rings. The van der Waals surface area contributed by atoms with Crippen molar-refractivity contribution in [3.8, 4) is 0 Å². The molecule has 0 radical (unpaired) electrons. The molecule has 1 aromatic heterocycles. The second-order valence-corrected chi connectivity index (χ2v) is 10.2. The predicted molar refractivity (Wildman–Crippen MR) is 115 cm³/mol. The SMILES string of the molecule is C[C@@H]1CN(C(=O)OC(C)(C)C)C[C@H]2Cc3ccc(COC(=O)NC(C)(C)C)nc3N21. The van der Waals surface area contributed by atoms with Crippen LogP contribution in [0.2, 0.25) is 0 Å². The van der Waals surface area contributed by atoms with Crippen LogP contribution >= 0.6 is 0 Å². The van der Waals surface area contributed by atoms with Crippen LogP contribution in [0.15, 0.2) is 12.1 Å². The average molecular weight is 419 g/mol. The van der Waals surface area contributed by atoms with Crippen LogP contribution in [0, 0.1) is 0 Å². The third-order valence-corrected chi connectivity index (χ3v) is 4.98. The van der Waals surface area contributed by atoms with Gasteiger partial charge in [0.2, 0.25) is 0 Å². The van der Waals surface area contributed by atoms with Crippen molar-refractivity contribution in [2.45, 2.75) is 84.7 Å². The van der Waals surface area contributed by atoms with E-state index in [4.69, 9.17) is 14.5 Å². The van der Waals surface area contributed by atoms with Crippen molar-refractivity contribution in [3.63, 3.8) is 0 Å². The van der Waals surface area contributed by atoms with E-state index >= 15 is 0 Å². The highest BCUT2D eigenvalue weighted by Crippen LogP contribution is 2.35. The van der Waals surface area contributed by atoms with Crippen LogP contribution in [0.4, 0.5) is 15.4 Å². The molecule has 30 heavy (non-hydrogen) atoms. The maximum Gasteiger partial charge on any atom is 0.410 e. The van der Waals surface area contributed by atoms with Crippen molar-refractivity contribution in [2.75, 3.05) is 18.0 Å². The molecule has 0 spiro atoms. The summed E-state index contributed by atoms with van der Waals surface area (Å²) in [5, 5.41) is 2.78. The molecule has 8 nitrogen and oxygen atoms in total. The fourth-order valence-electron chi connectivity index (χ4n) is 3.92. The van der Waals surface area contributed by atoms with E-state index < -0.39 is 11.7 Å². The van der Waals surface area contributed by atoms with E-state index in [-0.39, 0.29) is 30.3 Å². The van der Waals surface area contributed by atoms with Crippen molar-refractivity contribution >= 4 is 18.0 Å². The molecule has 166 valence electrons. The van der Waals surface area contributed by atoms with Gasteiger partial charge in [0.15, 0.2) is 0 Å². The molecule has 8 heteroatoms. The fourth-order valence-corrected chi connectivity index (χ4v) is 3.92. The number of ether oxygens (including phenoxy) is 2. The minimum Gasteiger partial charge on any atom is -0.444 e. The fraction of sp³-hybridized carbons (Fsp3) is 0.682. The zero-order valence-corrected chi connectivity index (χ0v) is 19.1. The largest absolute Gasteiger partial charge is 0.444 e. The number of nitrogens with zero attached hydrogens (tertiary/aromatic N) is 3.